The minimum Gasteiger partial charge on any atom is -0.394 e. The van der Waals surface area contributed by atoms with E-state index in [0.717, 1.165) is 0 Å². The second kappa shape index (κ2) is 4.62. The van der Waals surface area contributed by atoms with Gasteiger partial charge in [0.05, 0.1) is 12.7 Å². The molecular weight excluding hydrogens is 136 g/mol. The maximum Gasteiger partial charge on any atom is 0.108 e. The van der Waals surface area contributed by atoms with E-state index in [1.165, 1.54) is 0 Å². The fraction of sp³-hybridized carbons (Fsp3) is 0.833. The van der Waals surface area contributed by atoms with Crippen LogP contribution in [0.3, 0.4) is 0 Å². The third-order valence-electron chi connectivity index (χ3n) is 1.27. The molecule has 0 saturated heterocycles. The van der Waals surface area contributed by atoms with Gasteiger partial charge >= 0.3 is 0 Å². The van der Waals surface area contributed by atoms with Gasteiger partial charge in [-0.15, -0.1) is 0 Å². The van der Waals surface area contributed by atoms with E-state index < -0.39 is 24.9 Å². The molecule has 0 aliphatic rings. The topological polar surface area (TPSA) is 80.9 Å². The van der Waals surface area contributed by atoms with Crippen molar-refractivity contribution in [2.24, 2.45) is 0 Å². The maximum absolute atomic E-state index is 8.89. The maximum atomic E-state index is 8.89. The molecule has 4 N–H and O–H groups in total. The van der Waals surface area contributed by atoms with E-state index in [4.69, 9.17) is 20.4 Å². The molecule has 0 aromatic carbocycles. The Hall–Kier alpha value is -0.160. The lowest BCUT2D eigenvalue weighted by Crippen LogP contribution is -2.39. The Kier molecular flexibility index (Phi) is 4.55. The summed E-state index contributed by atoms with van der Waals surface area (Å²) >= 11 is 0. The van der Waals surface area contributed by atoms with Crippen LogP contribution in [0.5, 0.6) is 0 Å². The summed E-state index contributed by atoms with van der Waals surface area (Å²) in [4.78, 5) is 0. The highest BCUT2D eigenvalue weighted by atomic mass is 16.4. The molecule has 0 spiro atoms. The molecule has 10 heavy (non-hydrogen) atoms. The summed E-state index contributed by atoms with van der Waals surface area (Å²) in [6.45, 7) is 2.76. The van der Waals surface area contributed by atoms with Crippen molar-refractivity contribution in [2.45, 2.75) is 24.7 Å². The van der Waals surface area contributed by atoms with Crippen LogP contribution in [0.25, 0.3) is 0 Å². The normalized spacial score (nSPS) is 20.1. The summed E-state index contributed by atoms with van der Waals surface area (Å²) in [6, 6.07) is 0. The monoisotopic (exact) mass is 149 g/mol. The molecule has 0 fully saturated rings. The second-order valence-electron chi connectivity index (χ2n) is 2.10. The van der Waals surface area contributed by atoms with Gasteiger partial charge in [-0.25, -0.2) is 0 Å². The van der Waals surface area contributed by atoms with Crippen molar-refractivity contribution < 1.29 is 20.4 Å². The molecule has 0 aromatic heterocycles. The standard InChI is InChI=1S/C6H13O4/c1-2-4(8)6(10)5(9)3-7/h4-10H,1-3H2. The summed E-state index contributed by atoms with van der Waals surface area (Å²) in [5.41, 5.74) is 0. The Morgan fingerprint density at radius 3 is 1.90 bits per heavy atom. The third-order valence-corrected chi connectivity index (χ3v) is 1.27. The molecule has 0 aliphatic heterocycles. The van der Waals surface area contributed by atoms with Gasteiger partial charge in [0.1, 0.15) is 12.2 Å². The van der Waals surface area contributed by atoms with Crippen molar-refractivity contribution in [3.05, 3.63) is 6.92 Å². The van der Waals surface area contributed by atoms with Crippen LogP contribution in [-0.2, 0) is 0 Å². The average Bonchev–Trinajstić information content (AvgIpc) is 2.00. The number of aliphatic hydroxyl groups is 4. The first-order valence-electron chi connectivity index (χ1n) is 3.07. The van der Waals surface area contributed by atoms with Gasteiger partial charge < -0.3 is 20.4 Å². The average molecular weight is 149 g/mol. The predicted octanol–water partition coefficient (Wildman–Crippen LogP) is -1.71. The first-order chi connectivity index (χ1) is 4.63. The van der Waals surface area contributed by atoms with Crippen molar-refractivity contribution in [1.82, 2.24) is 0 Å². The summed E-state index contributed by atoms with van der Waals surface area (Å²) in [5.74, 6) is 0. The Bertz CT molecular complexity index is 75.8. The van der Waals surface area contributed by atoms with Crippen molar-refractivity contribution in [3.8, 4) is 0 Å². The molecule has 3 atom stereocenters. The molecule has 0 aromatic rings. The Balaban J connectivity index is 3.69. The summed E-state index contributed by atoms with van der Waals surface area (Å²) < 4.78 is 0. The first kappa shape index (κ1) is 9.84. The molecular formula is C6H13O4. The zero-order chi connectivity index (χ0) is 8.15. The molecule has 61 valence electrons. The molecule has 0 bridgehead atoms. The van der Waals surface area contributed by atoms with Gasteiger partial charge in [-0.2, -0.15) is 0 Å². The van der Waals surface area contributed by atoms with Gasteiger partial charge in [0.25, 0.3) is 0 Å². The van der Waals surface area contributed by atoms with E-state index in [1.807, 2.05) is 0 Å². The molecule has 3 unspecified atom stereocenters. The zero-order valence-corrected chi connectivity index (χ0v) is 5.64. The van der Waals surface area contributed by atoms with Crippen LogP contribution in [0.4, 0.5) is 0 Å². The van der Waals surface area contributed by atoms with Gasteiger partial charge in [-0.1, -0.05) is 6.92 Å². The van der Waals surface area contributed by atoms with Crippen LogP contribution in [0.1, 0.15) is 6.42 Å². The van der Waals surface area contributed by atoms with E-state index in [-0.39, 0.29) is 6.42 Å². The summed E-state index contributed by atoms with van der Waals surface area (Å²) in [6.07, 6.45) is -3.54. The Morgan fingerprint density at radius 2 is 1.60 bits per heavy atom. The van der Waals surface area contributed by atoms with Crippen LogP contribution < -0.4 is 0 Å². The van der Waals surface area contributed by atoms with Crippen LogP contribution in [0.2, 0.25) is 0 Å². The van der Waals surface area contributed by atoms with Crippen molar-refractivity contribution >= 4 is 0 Å². The molecule has 4 nitrogen and oxygen atoms in total. The lowest BCUT2D eigenvalue weighted by Gasteiger charge is -2.19. The molecule has 0 rings (SSSR count). The number of rotatable bonds is 4. The van der Waals surface area contributed by atoms with Gasteiger partial charge in [0.2, 0.25) is 0 Å². The summed E-state index contributed by atoms with van der Waals surface area (Å²) in [5, 5.41) is 34.8. The largest absolute Gasteiger partial charge is 0.394 e. The van der Waals surface area contributed by atoms with Crippen molar-refractivity contribution in [2.75, 3.05) is 6.61 Å². The van der Waals surface area contributed by atoms with E-state index in [1.54, 1.807) is 0 Å². The number of hydrogen-bond acceptors (Lipinski definition) is 4. The van der Waals surface area contributed by atoms with E-state index >= 15 is 0 Å². The minimum atomic E-state index is -1.30. The summed E-state index contributed by atoms with van der Waals surface area (Å²) in [7, 11) is 0. The highest BCUT2D eigenvalue weighted by Gasteiger charge is 2.21. The minimum absolute atomic E-state index is 0.109. The highest BCUT2D eigenvalue weighted by Crippen LogP contribution is 2.02. The highest BCUT2D eigenvalue weighted by molar-refractivity contribution is 4.74. The van der Waals surface area contributed by atoms with Crippen LogP contribution in [0.15, 0.2) is 0 Å². The Labute approximate surface area is 59.7 Å². The lowest BCUT2D eigenvalue weighted by molar-refractivity contribution is -0.0749. The fourth-order valence-corrected chi connectivity index (χ4v) is 0.535. The first-order valence-corrected chi connectivity index (χ1v) is 3.07. The Morgan fingerprint density at radius 1 is 1.10 bits per heavy atom. The van der Waals surface area contributed by atoms with E-state index in [9.17, 15) is 0 Å². The van der Waals surface area contributed by atoms with Gasteiger partial charge in [-0.3, -0.25) is 0 Å². The molecule has 1 radical (unpaired) electrons. The molecule has 0 amide bonds. The number of hydrogen-bond donors (Lipinski definition) is 4. The molecule has 0 saturated carbocycles. The molecule has 0 heterocycles. The quantitative estimate of drug-likeness (QED) is 0.383. The SMILES string of the molecule is [CH2]CC(O)C(O)C(O)CO. The van der Waals surface area contributed by atoms with Gasteiger partial charge in [-0.05, 0) is 6.42 Å². The van der Waals surface area contributed by atoms with Crippen molar-refractivity contribution in [3.63, 3.8) is 0 Å². The predicted molar refractivity (Wildman–Crippen MR) is 35.1 cm³/mol. The van der Waals surface area contributed by atoms with E-state index in [0.29, 0.717) is 0 Å². The molecule has 4 heteroatoms. The third kappa shape index (κ3) is 2.62. The number of aliphatic hydroxyl groups excluding tert-OH is 4. The van der Waals surface area contributed by atoms with Crippen LogP contribution >= 0.6 is 0 Å². The smallest absolute Gasteiger partial charge is 0.108 e. The van der Waals surface area contributed by atoms with Crippen LogP contribution in [-0.4, -0.2) is 45.3 Å². The van der Waals surface area contributed by atoms with E-state index in [2.05, 4.69) is 6.92 Å². The van der Waals surface area contributed by atoms with Gasteiger partial charge in [0.15, 0.2) is 0 Å². The lowest BCUT2D eigenvalue weighted by atomic mass is 10.1. The zero-order valence-electron chi connectivity index (χ0n) is 5.64. The fourth-order valence-electron chi connectivity index (χ4n) is 0.535. The molecule has 0 aliphatic carbocycles. The van der Waals surface area contributed by atoms with Gasteiger partial charge in [0, 0.05) is 0 Å². The second-order valence-corrected chi connectivity index (χ2v) is 2.10. The van der Waals surface area contributed by atoms with Crippen molar-refractivity contribution in [1.29, 1.82) is 0 Å². The van der Waals surface area contributed by atoms with Crippen LogP contribution in [0, 0.1) is 6.92 Å².